The molecule has 3 aromatic carbocycles. The fourth-order valence-corrected chi connectivity index (χ4v) is 6.43. The second kappa shape index (κ2) is 13.6. The van der Waals surface area contributed by atoms with Gasteiger partial charge in [-0.25, -0.2) is 13.1 Å². The third-order valence-corrected chi connectivity index (χ3v) is 8.60. The lowest BCUT2D eigenvalue weighted by Gasteiger charge is -2.34. The van der Waals surface area contributed by atoms with Crippen LogP contribution in [-0.4, -0.2) is 40.0 Å². The number of carbonyl (C=O) groups excluding carboxylic acids is 2. The predicted octanol–water partition coefficient (Wildman–Crippen LogP) is 5.08. The van der Waals surface area contributed by atoms with E-state index >= 15 is 0 Å². The van der Waals surface area contributed by atoms with Crippen molar-refractivity contribution in [3.05, 3.63) is 90.0 Å². The molecule has 2 N–H and O–H groups in total. The maximum absolute atomic E-state index is 13.8. The number of piperidine rings is 1. The minimum atomic E-state index is -4.01. The molecule has 1 heterocycles. The van der Waals surface area contributed by atoms with E-state index in [4.69, 9.17) is 4.74 Å². The summed E-state index contributed by atoms with van der Waals surface area (Å²) in [4.78, 5) is 27.2. The van der Waals surface area contributed by atoms with Crippen LogP contribution in [0.5, 0.6) is 0 Å². The maximum atomic E-state index is 13.8. The summed E-state index contributed by atoms with van der Waals surface area (Å²) in [6.45, 7) is 4.83. The first-order valence-corrected chi connectivity index (χ1v) is 15.2. The summed E-state index contributed by atoms with van der Waals surface area (Å²) in [5.74, 6) is -0.807. The van der Waals surface area contributed by atoms with Crippen LogP contribution < -0.4 is 14.9 Å². The summed E-state index contributed by atoms with van der Waals surface area (Å²) in [7, 11) is -4.01. The highest BCUT2D eigenvalue weighted by Crippen LogP contribution is 2.33. The van der Waals surface area contributed by atoms with E-state index in [0.717, 1.165) is 17.5 Å². The van der Waals surface area contributed by atoms with Crippen molar-refractivity contribution in [3.8, 4) is 0 Å². The number of carbonyl (C=O) groups is 2. The zero-order chi connectivity index (χ0) is 28.5. The number of esters is 1. The highest BCUT2D eigenvalue weighted by atomic mass is 32.2. The molecule has 4 rings (SSSR count). The van der Waals surface area contributed by atoms with Crippen LogP contribution in [0.2, 0.25) is 0 Å². The molecule has 0 aliphatic carbocycles. The molecule has 1 amide bonds. The van der Waals surface area contributed by atoms with Crippen molar-refractivity contribution in [2.24, 2.45) is 5.92 Å². The minimum Gasteiger partial charge on any atom is -0.466 e. The number of benzene rings is 3. The zero-order valence-corrected chi connectivity index (χ0v) is 23.8. The van der Waals surface area contributed by atoms with Gasteiger partial charge in [-0.05, 0) is 62.4 Å². The molecule has 0 radical (unpaired) electrons. The Morgan fingerprint density at radius 3 is 2.42 bits per heavy atom. The average molecular weight is 564 g/mol. The molecular formula is C31H37N3O5S. The summed E-state index contributed by atoms with van der Waals surface area (Å²) >= 11 is 0. The van der Waals surface area contributed by atoms with Gasteiger partial charge >= 0.3 is 5.97 Å². The lowest BCUT2D eigenvalue weighted by molar-refractivity contribution is -0.148. The van der Waals surface area contributed by atoms with Crippen LogP contribution >= 0.6 is 0 Å². The van der Waals surface area contributed by atoms with Crippen LogP contribution in [0.25, 0.3) is 0 Å². The lowest BCUT2D eigenvalue weighted by atomic mass is 9.97. The van der Waals surface area contributed by atoms with E-state index in [0.29, 0.717) is 43.9 Å². The molecule has 1 aliphatic rings. The lowest BCUT2D eigenvalue weighted by Crippen LogP contribution is -2.40. The monoisotopic (exact) mass is 563 g/mol. The van der Waals surface area contributed by atoms with Gasteiger partial charge in [0.1, 0.15) is 4.90 Å². The van der Waals surface area contributed by atoms with E-state index in [-0.39, 0.29) is 29.1 Å². The van der Waals surface area contributed by atoms with Gasteiger partial charge in [0.2, 0.25) is 15.9 Å². The zero-order valence-electron chi connectivity index (χ0n) is 23.0. The van der Waals surface area contributed by atoms with E-state index in [1.807, 2.05) is 65.6 Å². The average Bonchev–Trinajstić information content (AvgIpc) is 2.97. The Bertz CT molecular complexity index is 1400. The molecule has 2 atom stereocenters. The van der Waals surface area contributed by atoms with Gasteiger partial charge in [0, 0.05) is 31.2 Å². The van der Waals surface area contributed by atoms with Crippen molar-refractivity contribution in [3.63, 3.8) is 0 Å². The maximum Gasteiger partial charge on any atom is 0.310 e. The number of sulfonamides is 1. The Balaban J connectivity index is 1.60. The Labute approximate surface area is 236 Å². The Kier molecular flexibility index (Phi) is 9.95. The number of nitrogens with one attached hydrogen (secondary N) is 2. The van der Waals surface area contributed by atoms with Gasteiger partial charge in [0.25, 0.3) is 0 Å². The van der Waals surface area contributed by atoms with Gasteiger partial charge in [-0.1, -0.05) is 60.7 Å². The predicted molar refractivity (Wildman–Crippen MR) is 157 cm³/mol. The van der Waals surface area contributed by atoms with Crippen molar-refractivity contribution in [1.29, 1.82) is 0 Å². The van der Waals surface area contributed by atoms with Gasteiger partial charge in [-0.15, -0.1) is 0 Å². The fourth-order valence-electron chi connectivity index (χ4n) is 4.95. The second-order valence-corrected chi connectivity index (χ2v) is 11.7. The van der Waals surface area contributed by atoms with Crippen molar-refractivity contribution < 1.29 is 22.7 Å². The van der Waals surface area contributed by atoms with Gasteiger partial charge in [0.05, 0.1) is 18.2 Å². The van der Waals surface area contributed by atoms with Crippen LogP contribution in [0.3, 0.4) is 0 Å². The first kappa shape index (κ1) is 29.3. The Hall–Kier alpha value is -3.69. The van der Waals surface area contributed by atoms with E-state index in [1.54, 1.807) is 26.0 Å². The molecule has 3 aromatic rings. The largest absolute Gasteiger partial charge is 0.466 e. The molecule has 9 heteroatoms. The van der Waals surface area contributed by atoms with Crippen molar-refractivity contribution in [2.75, 3.05) is 29.9 Å². The smallest absolute Gasteiger partial charge is 0.310 e. The molecule has 0 aromatic heterocycles. The van der Waals surface area contributed by atoms with E-state index in [2.05, 4.69) is 10.0 Å². The molecule has 212 valence electrons. The molecule has 0 spiro atoms. The molecule has 0 saturated carbocycles. The number of anilines is 2. The van der Waals surface area contributed by atoms with E-state index < -0.39 is 16.1 Å². The Morgan fingerprint density at radius 1 is 1.02 bits per heavy atom. The molecule has 8 nitrogen and oxygen atoms in total. The van der Waals surface area contributed by atoms with Crippen LogP contribution in [0.1, 0.15) is 50.3 Å². The third kappa shape index (κ3) is 7.70. The molecule has 0 unspecified atom stereocenters. The molecule has 0 bridgehead atoms. The number of rotatable bonds is 11. The SMILES string of the molecule is CCOC(=O)[C@@H]1CCCN(c2ccc(NC(=O)CCc3ccccc3)cc2S(=O)(=O)N[C@@H](C)c2ccccc2)C1. The highest BCUT2D eigenvalue weighted by Gasteiger charge is 2.31. The van der Waals surface area contributed by atoms with Crippen molar-refractivity contribution in [1.82, 2.24) is 4.72 Å². The van der Waals surface area contributed by atoms with Crippen LogP contribution in [-0.2, 0) is 30.8 Å². The summed E-state index contributed by atoms with van der Waals surface area (Å²) in [5.41, 5.74) is 2.77. The molecule has 40 heavy (non-hydrogen) atoms. The first-order valence-electron chi connectivity index (χ1n) is 13.7. The minimum absolute atomic E-state index is 0.0562. The first-order chi connectivity index (χ1) is 19.3. The normalized spacial score (nSPS) is 16.2. The number of amides is 1. The molecule has 1 aliphatic heterocycles. The summed E-state index contributed by atoms with van der Waals surface area (Å²) in [5, 5.41) is 2.86. The van der Waals surface area contributed by atoms with Crippen LogP contribution in [0.15, 0.2) is 83.8 Å². The van der Waals surface area contributed by atoms with Crippen LogP contribution in [0.4, 0.5) is 11.4 Å². The van der Waals surface area contributed by atoms with Crippen LogP contribution in [0, 0.1) is 5.92 Å². The number of aryl methyl sites for hydroxylation is 1. The van der Waals surface area contributed by atoms with E-state index in [1.165, 1.54) is 6.07 Å². The summed E-state index contributed by atoms with van der Waals surface area (Å²) < 4.78 is 35.6. The number of hydrogen-bond donors (Lipinski definition) is 2. The number of hydrogen-bond acceptors (Lipinski definition) is 6. The van der Waals surface area contributed by atoms with Gasteiger partial charge in [-0.2, -0.15) is 0 Å². The number of ether oxygens (including phenoxy) is 1. The topological polar surface area (TPSA) is 105 Å². The van der Waals surface area contributed by atoms with Gasteiger partial charge in [-0.3, -0.25) is 9.59 Å². The van der Waals surface area contributed by atoms with Crippen molar-refractivity contribution >= 4 is 33.3 Å². The van der Waals surface area contributed by atoms with Gasteiger partial charge in [0.15, 0.2) is 0 Å². The third-order valence-electron chi connectivity index (χ3n) is 7.03. The molecule has 1 saturated heterocycles. The van der Waals surface area contributed by atoms with E-state index in [9.17, 15) is 18.0 Å². The quantitative estimate of drug-likeness (QED) is 0.316. The fraction of sp³-hybridized carbons (Fsp3) is 0.355. The number of nitrogens with zero attached hydrogens (tertiary/aromatic N) is 1. The molecular weight excluding hydrogens is 526 g/mol. The molecule has 1 fully saturated rings. The second-order valence-electron chi connectivity index (χ2n) is 10.0. The van der Waals surface area contributed by atoms with Gasteiger partial charge < -0.3 is 15.0 Å². The summed E-state index contributed by atoms with van der Waals surface area (Å²) in [6.07, 6.45) is 2.27. The summed E-state index contributed by atoms with van der Waals surface area (Å²) in [6, 6.07) is 23.5. The highest BCUT2D eigenvalue weighted by molar-refractivity contribution is 7.89. The standard InChI is InChI=1S/C31H37N3O5S/c1-3-39-31(36)26-15-10-20-34(22-26)28-18-17-27(32-30(35)19-16-24-11-6-4-7-12-24)21-29(28)40(37,38)33-23(2)25-13-8-5-9-14-25/h4-9,11-14,17-18,21,23,26,33H,3,10,15-16,19-20,22H2,1-2H3,(H,32,35)/t23-,26+/m0/s1. The van der Waals surface area contributed by atoms with Crippen molar-refractivity contribution in [2.45, 2.75) is 50.5 Å². The Morgan fingerprint density at radius 2 is 1.73 bits per heavy atom.